The van der Waals surface area contributed by atoms with Crippen molar-refractivity contribution in [2.45, 2.75) is 25.4 Å². The number of carbonyl (C=O) groups is 1. The topological polar surface area (TPSA) is 81.1 Å². The molecule has 8 heteroatoms. The first kappa shape index (κ1) is 18.3. The fourth-order valence-electron chi connectivity index (χ4n) is 3.41. The Balaban J connectivity index is 1.72. The van der Waals surface area contributed by atoms with Crippen LogP contribution in [0, 0.1) is 0 Å². The van der Waals surface area contributed by atoms with Gasteiger partial charge in [0.1, 0.15) is 5.75 Å². The minimum Gasteiger partial charge on any atom is -0.497 e. The van der Waals surface area contributed by atoms with Crippen LogP contribution < -0.4 is 15.4 Å². The first-order valence-corrected chi connectivity index (χ1v) is 9.31. The maximum absolute atomic E-state index is 11.4. The molecule has 2 aromatic carbocycles. The highest BCUT2D eigenvalue weighted by atomic mass is 35.5. The van der Waals surface area contributed by atoms with E-state index in [4.69, 9.17) is 16.3 Å². The summed E-state index contributed by atoms with van der Waals surface area (Å²) in [6, 6.07) is 15.7. The van der Waals surface area contributed by atoms with Gasteiger partial charge in [-0.15, -0.1) is 5.10 Å². The van der Waals surface area contributed by atoms with Crippen molar-refractivity contribution in [2.24, 2.45) is 0 Å². The molecule has 0 radical (unpaired) electrons. The van der Waals surface area contributed by atoms with Crippen LogP contribution in [0.25, 0.3) is 0 Å². The second kappa shape index (κ2) is 7.52. The summed E-state index contributed by atoms with van der Waals surface area (Å²) in [5.74, 6) is 1.49. The highest BCUT2D eigenvalue weighted by Gasteiger charge is 2.31. The van der Waals surface area contributed by atoms with E-state index in [0.29, 0.717) is 11.0 Å². The first-order chi connectivity index (χ1) is 13.5. The number of benzene rings is 2. The van der Waals surface area contributed by atoms with Gasteiger partial charge < -0.3 is 10.1 Å². The largest absolute Gasteiger partial charge is 0.497 e. The van der Waals surface area contributed by atoms with Crippen LogP contribution in [0.1, 0.15) is 36.6 Å². The Kier molecular flexibility index (Phi) is 4.92. The summed E-state index contributed by atoms with van der Waals surface area (Å²) in [4.78, 5) is 15.9. The Hall–Kier alpha value is -3.06. The van der Waals surface area contributed by atoms with Gasteiger partial charge >= 0.3 is 0 Å². The number of anilines is 2. The molecule has 0 saturated carbocycles. The van der Waals surface area contributed by atoms with Crippen LogP contribution in [-0.2, 0) is 4.79 Å². The number of carbonyl (C=O) groups excluding carboxylic acids is 1. The van der Waals surface area contributed by atoms with E-state index >= 15 is 0 Å². The third kappa shape index (κ3) is 3.66. The molecule has 0 fully saturated rings. The van der Waals surface area contributed by atoms with Crippen molar-refractivity contribution in [3.63, 3.8) is 0 Å². The van der Waals surface area contributed by atoms with E-state index in [0.717, 1.165) is 23.3 Å². The molecular formula is C20H20ClN5O2. The highest BCUT2D eigenvalue weighted by molar-refractivity contribution is 6.30. The summed E-state index contributed by atoms with van der Waals surface area (Å²) >= 11 is 6.06. The predicted molar refractivity (Wildman–Crippen MR) is 108 cm³/mol. The zero-order valence-electron chi connectivity index (χ0n) is 15.5. The van der Waals surface area contributed by atoms with Gasteiger partial charge in [-0.2, -0.15) is 4.98 Å². The Bertz CT molecular complexity index is 985. The summed E-state index contributed by atoms with van der Waals surface area (Å²) in [5.41, 5.74) is 2.19. The van der Waals surface area contributed by atoms with Crippen LogP contribution in [0.4, 0.5) is 11.9 Å². The fourth-order valence-corrected chi connectivity index (χ4v) is 3.53. The molecular weight excluding hydrogens is 378 g/mol. The number of methoxy groups -OCH3 is 1. The number of fused-ring (bicyclic) bond motifs is 1. The van der Waals surface area contributed by atoms with Crippen molar-refractivity contribution in [3.05, 3.63) is 64.7 Å². The minimum atomic E-state index is -0.210. The number of rotatable bonds is 4. The molecule has 144 valence electrons. The van der Waals surface area contributed by atoms with Crippen LogP contribution in [-0.4, -0.2) is 27.8 Å². The zero-order chi connectivity index (χ0) is 19.7. The van der Waals surface area contributed by atoms with Crippen molar-refractivity contribution in [1.82, 2.24) is 14.8 Å². The second-order valence-corrected chi connectivity index (χ2v) is 7.09. The van der Waals surface area contributed by atoms with Crippen molar-refractivity contribution >= 4 is 29.4 Å². The smallest absolute Gasteiger partial charge is 0.250 e. The van der Waals surface area contributed by atoms with Gasteiger partial charge in [0.25, 0.3) is 5.95 Å². The summed E-state index contributed by atoms with van der Waals surface area (Å²) in [6.45, 7) is 1.43. The van der Waals surface area contributed by atoms with Crippen LogP contribution >= 0.6 is 11.6 Å². The molecule has 28 heavy (non-hydrogen) atoms. The molecule has 1 amide bonds. The first-order valence-electron chi connectivity index (χ1n) is 8.93. The van der Waals surface area contributed by atoms with Gasteiger partial charge in [-0.25, -0.2) is 4.68 Å². The number of hydrogen-bond acceptors (Lipinski definition) is 5. The maximum Gasteiger partial charge on any atom is 0.250 e. The number of ether oxygens (including phenoxy) is 1. The third-order valence-electron chi connectivity index (χ3n) is 4.75. The molecule has 1 aromatic heterocycles. The number of halogens is 1. The van der Waals surface area contributed by atoms with Crippen molar-refractivity contribution in [3.8, 4) is 5.75 Å². The lowest BCUT2D eigenvalue weighted by molar-refractivity contribution is -0.114. The van der Waals surface area contributed by atoms with E-state index in [-0.39, 0.29) is 23.9 Å². The molecule has 3 aromatic rings. The van der Waals surface area contributed by atoms with Crippen molar-refractivity contribution in [2.75, 3.05) is 17.7 Å². The quantitative estimate of drug-likeness (QED) is 0.694. The van der Waals surface area contributed by atoms with Crippen LogP contribution in [0.5, 0.6) is 5.75 Å². The molecule has 1 aliphatic heterocycles. The van der Waals surface area contributed by atoms with E-state index in [1.54, 1.807) is 7.11 Å². The SMILES string of the molecule is COc1ccc([C@H]2C[C@H](c3ccc(Cl)cc3)n3nc(NC(C)=O)nc3N2)cc1. The van der Waals surface area contributed by atoms with Crippen molar-refractivity contribution < 1.29 is 9.53 Å². The molecule has 0 bridgehead atoms. The normalized spacial score (nSPS) is 18.1. The molecule has 0 aliphatic carbocycles. The van der Waals surface area contributed by atoms with Gasteiger partial charge in [-0.1, -0.05) is 35.9 Å². The summed E-state index contributed by atoms with van der Waals surface area (Å²) in [7, 11) is 1.65. The number of amides is 1. The minimum absolute atomic E-state index is 0.0356. The summed E-state index contributed by atoms with van der Waals surface area (Å²) in [6.07, 6.45) is 0.768. The van der Waals surface area contributed by atoms with E-state index < -0.39 is 0 Å². The molecule has 1 aliphatic rings. The van der Waals surface area contributed by atoms with Crippen LogP contribution in [0.2, 0.25) is 5.02 Å². The van der Waals surface area contributed by atoms with Gasteiger partial charge in [-0.05, 0) is 41.8 Å². The number of nitrogens with one attached hydrogen (secondary N) is 2. The third-order valence-corrected chi connectivity index (χ3v) is 5.00. The summed E-state index contributed by atoms with van der Waals surface area (Å²) < 4.78 is 7.07. The lowest BCUT2D eigenvalue weighted by atomic mass is 9.93. The molecule has 0 saturated heterocycles. The van der Waals surface area contributed by atoms with Gasteiger partial charge in [0, 0.05) is 11.9 Å². The average Bonchev–Trinajstić information content (AvgIpc) is 3.09. The number of nitrogens with zero attached hydrogens (tertiary/aromatic N) is 3. The Morgan fingerprint density at radius 2 is 1.86 bits per heavy atom. The Morgan fingerprint density at radius 3 is 2.50 bits per heavy atom. The Labute approximate surface area is 167 Å². The maximum atomic E-state index is 11.4. The van der Waals surface area contributed by atoms with Gasteiger partial charge in [0.2, 0.25) is 11.9 Å². The molecule has 2 heterocycles. The standard InChI is InChI=1S/C20H20ClN5O2/c1-12(27)22-19-24-20-23-17(13-5-9-16(28-2)10-6-13)11-18(26(20)25-19)14-3-7-15(21)8-4-14/h3-10,17-18H,11H2,1-2H3,(H2,22,23,24,25,27)/t17-,18-/m1/s1. The van der Waals surface area contributed by atoms with E-state index in [9.17, 15) is 4.79 Å². The van der Waals surface area contributed by atoms with E-state index in [1.165, 1.54) is 6.92 Å². The summed E-state index contributed by atoms with van der Waals surface area (Å²) in [5, 5.41) is 11.2. The molecule has 2 N–H and O–H groups in total. The van der Waals surface area contributed by atoms with Gasteiger partial charge in [0.05, 0.1) is 19.2 Å². The molecule has 4 rings (SSSR count). The molecule has 7 nitrogen and oxygen atoms in total. The van der Waals surface area contributed by atoms with E-state index in [1.807, 2.05) is 53.2 Å². The molecule has 2 atom stereocenters. The zero-order valence-corrected chi connectivity index (χ0v) is 16.3. The molecule has 0 unspecified atom stereocenters. The second-order valence-electron chi connectivity index (χ2n) is 6.66. The van der Waals surface area contributed by atoms with Gasteiger partial charge in [0.15, 0.2) is 0 Å². The van der Waals surface area contributed by atoms with Crippen LogP contribution in [0.3, 0.4) is 0 Å². The number of hydrogen-bond donors (Lipinski definition) is 2. The molecule has 0 spiro atoms. The Morgan fingerprint density at radius 1 is 1.18 bits per heavy atom. The predicted octanol–water partition coefficient (Wildman–Crippen LogP) is 4.04. The number of aromatic nitrogens is 3. The lowest BCUT2D eigenvalue weighted by Gasteiger charge is -2.31. The van der Waals surface area contributed by atoms with Gasteiger partial charge in [-0.3, -0.25) is 10.1 Å². The lowest BCUT2D eigenvalue weighted by Crippen LogP contribution is -2.28. The fraction of sp³-hybridized carbons (Fsp3) is 0.250. The monoisotopic (exact) mass is 397 g/mol. The van der Waals surface area contributed by atoms with Crippen molar-refractivity contribution in [1.29, 1.82) is 0 Å². The van der Waals surface area contributed by atoms with E-state index in [2.05, 4.69) is 20.7 Å². The van der Waals surface area contributed by atoms with Crippen LogP contribution in [0.15, 0.2) is 48.5 Å². The average molecular weight is 398 g/mol. The highest BCUT2D eigenvalue weighted by Crippen LogP contribution is 2.38.